The molecule has 0 bridgehead atoms. The molecule has 0 aliphatic carbocycles. The second kappa shape index (κ2) is 27.4. The maximum atomic E-state index is 16.5. The van der Waals surface area contributed by atoms with Gasteiger partial charge in [-0.05, 0) is 67.6 Å². The number of anilines is 2. The number of likely N-dealkylation sites (tertiary alicyclic amines) is 1. The highest BCUT2D eigenvalue weighted by Gasteiger charge is 2.54. The van der Waals surface area contributed by atoms with E-state index in [1.807, 2.05) is 18.8 Å². The summed E-state index contributed by atoms with van der Waals surface area (Å²) in [4.78, 5) is 137. The molecule has 4 saturated heterocycles. The van der Waals surface area contributed by atoms with Crippen molar-refractivity contribution in [2.45, 2.75) is 127 Å². The number of hydrogen-bond donors (Lipinski definition) is 9. The highest BCUT2D eigenvalue weighted by atomic mass is 32.5. The molecule has 8 rings (SSSR count). The van der Waals surface area contributed by atoms with Gasteiger partial charge in [0.05, 0.1) is 25.6 Å². The van der Waals surface area contributed by atoms with Crippen LogP contribution in [-0.4, -0.2) is 161 Å². The van der Waals surface area contributed by atoms with E-state index in [1.165, 1.54) is 4.90 Å². The van der Waals surface area contributed by atoms with E-state index in [-0.39, 0.29) is 73.5 Å². The Morgan fingerprint density at radius 2 is 1.53 bits per heavy atom. The zero-order valence-corrected chi connectivity index (χ0v) is 47.0. The number of aromatic amines is 1. The van der Waals surface area contributed by atoms with E-state index in [4.69, 9.17) is 49.8 Å². The van der Waals surface area contributed by atoms with Gasteiger partial charge in [-0.25, -0.2) is 42.7 Å². The lowest BCUT2D eigenvalue weighted by atomic mass is 10.0. The molecular weight excluding hydrogens is 1170 g/mol. The third-order valence-corrected chi connectivity index (χ3v) is 16.1. The van der Waals surface area contributed by atoms with Gasteiger partial charge in [0.25, 0.3) is 5.56 Å². The second-order valence-electron chi connectivity index (χ2n) is 19.8. The van der Waals surface area contributed by atoms with Crippen molar-refractivity contribution in [1.82, 2.24) is 49.9 Å². The molecule has 10 N–H and O–H groups in total. The molecule has 0 spiro atoms. The number of imide groups is 1. The van der Waals surface area contributed by atoms with Gasteiger partial charge in [0.1, 0.15) is 43.4 Å². The Labute approximate surface area is 474 Å². The number of hydrogen-bond acceptors (Lipinski definition) is 21. The quantitative estimate of drug-likeness (QED) is 0.0324. The molecule has 3 aromatic heterocycles. The summed E-state index contributed by atoms with van der Waals surface area (Å²) in [6.07, 6.45) is -10.4. The molecule has 4 aliphatic rings. The van der Waals surface area contributed by atoms with Crippen molar-refractivity contribution in [3.05, 3.63) is 75.6 Å². The maximum Gasteiger partial charge on any atom is 0.472 e. The largest absolute Gasteiger partial charge is 0.472 e. The zero-order valence-electron chi connectivity index (χ0n) is 44.4. The summed E-state index contributed by atoms with van der Waals surface area (Å²) in [5.41, 5.74) is 3.93. The SMILES string of the molecule is CC(C)C(NCCCCCN1C(=O)CCC1=O)C(=O)NC(CCCNC(N)=O)C(=O)Nc1ccc(COC(=O)Nc2ncnc3c2ncn3[C@@H]2O[C@@H]3COP(O)(=S)O[C@H]4[C@@H](F)[C@H](n5ccc(=O)[nH]c5=O)O[C@@H]4COP(=O)(O)O[C@H]3[C@H]2F)cc1. The fraction of sp³-hybridized carbons (Fsp3) is 0.553. The summed E-state index contributed by atoms with van der Waals surface area (Å²) in [7, 11) is -5.29. The summed E-state index contributed by atoms with van der Waals surface area (Å²) in [6, 6.07) is 4.67. The number of urea groups is 1. The predicted molar refractivity (Wildman–Crippen MR) is 286 cm³/mol. The number of rotatable bonds is 21. The lowest BCUT2D eigenvalue weighted by molar-refractivity contribution is -0.138. The third-order valence-electron chi connectivity index (χ3n) is 13.5. The van der Waals surface area contributed by atoms with E-state index in [0.717, 1.165) is 29.5 Å². The fourth-order valence-electron chi connectivity index (χ4n) is 9.39. The van der Waals surface area contributed by atoms with Crippen molar-refractivity contribution in [3.63, 3.8) is 0 Å². The molecular formula is C47H61F2N13O18P2S. The standard InChI is InChI=1S/C47H61F2N13O18P2S/c1-24(2)35(51-15-4-3-5-17-60-31(64)12-13-32(60)65)42(67)57-27(7-6-16-52-45(50)68)41(66)56-26-10-8-25(9-11-26)19-74-47(70)59-39-36-40(54-22-53-39)62(23-55-36)44-33(48)37-29(78-44)21-76-82(73,83)80-38-28(20-75-81(71,72)79-37)77-43(34(38)49)61-18-14-30(63)58-46(61)69/h8-11,14,18,22-24,27-29,33-35,37-38,43-44,51H,3-7,12-13,15-17,19-21H2,1-2H3,(H,56,66)(H,57,67)(H,71,72)(H,73,83)(H3,50,52,68)(H,58,63,69)(H,53,54,59,70)/t27?,28-,29-,33-,34-,35?,37-,38-,43-,44-,82?/m1/s1. The summed E-state index contributed by atoms with van der Waals surface area (Å²) in [5.74, 6) is -1.68. The molecule has 7 heterocycles. The van der Waals surface area contributed by atoms with Gasteiger partial charge in [-0.2, -0.15) is 0 Å². The third kappa shape index (κ3) is 16.0. The van der Waals surface area contributed by atoms with Gasteiger partial charge in [0, 0.05) is 43.9 Å². The summed E-state index contributed by atoms with van der Waals surface area (Å²) >= 11 is 5.12. The molecule has 4 fully saturated rings. The number of unbranched alkanes of at least 4 members (excludes halogenated alkanes) is 2. The number of phosphoric ester groups is 1. The highest BCUT2D eigenvalue weighted by Crippen LogP contribution is 2.54. The number of aromatic nitrogens is 6. The first-order valence-electron chi connectivity index (χ1n) is 26.1. The minimum absolute atomic E-state index is 0.0947. The van der Waals surface area contributed by atoms with Crippen molar-refractivity contribution in [1.29, 1.82) is 0 Å². The Balaban J connectivity index is 0.847. The van der Waals surface area contributed by atoms with Crippen molar-refractivity contribution in [2.75, 3.05) is 43.5 Å². The van der Waals surface area contributed by atoms with E-state index in [1.54, 1.807) is 24.3 Å². The zero-order chi connectivity index (χ0) is 59.8. The number of halogens is 2. The number of phosphoric acid groups is 1. The Morgan fingerprint density at radius 3 is 2.20 bits per heavy atom. The molecule has 452 valence electrons. The predicted octanol–water partition coefficient (Wildman–Crippen LogP) is 1.54. The van der Waals surface area contributed by atoms with Crippen LogP contribution in [0.2, 0.25) is 0 Å². The lowest BCUT2D eigenvalue weighted by Crippen LogP contribution is -2.53. The van der Waals surface area contributed by atoms with Crippen LogP contribution in [0.3, 0.4) is 0 Å². The van der Waals surface area contributed by atoms with Gasteiger partial charge < -0.3 is 55.5 Å². The van der Waals surface area contributed by atoms with Crippen molar-refractivity contribution in [3.8, 4) is 0 Å². The molecule has 4 aliphatic heterocycles. The number of imidazole rings is 1. The van der Waals surface area contributed by atoms with Crippen LogP contribution in [0.25, 0.3) is 11.2 Å². The van der Waals surface area contributed by atoms with Crippen LogP contribution in [0.5, 0.6) is 0 Å². The lowest BCUT2D eigenvalue weighted by Gasteiger charge is -2.28. The number of primary amides is 1. The van der Waals surface area contributed by atoms with E-state index < -0.39 is 124 Å². The Morgan fingerprint density at radius 1 is 0.855 bits per heavy atom. The number of amides is 7. The van der Waals surface area contributed by atoms with Gasteiger partial charge >= 0.3 is 32.4 Å². The second-order valence-corrected chi connectivity index (χ2v) is 24.0. The fourth-order valence-corrected chi connectivity index (χ4v) is 11.8. The summed E-state index contributed by atoms with van der Waals surface area (Å²) < 4.78 is 85.5. The first kappa shape index (κ1) is 62.5. The minimum Gasteiger partial charge on any atom is -0.444 e. The average molecular weight is 1230 g/mol. The monoisotopic (exact) mass is 1230 g/mol. The molecule has 0 saturated carbocycles. The number of alkyl halides is 2. The van der Waals surface area contributed by atoms with Crippen molar-refractivity contribution in [2.24, 2.45) is 11.7 Å². The van der Waals surface area contributed by atoms with E-state index in [2.05, 4.69) is 41.5 Å². The van der Waals surface area contributed by atoms with E-state index >= 15 is 8.78 Å². The van der Waals surface area contributed by atoms with Gasteiger partial charge in [0.15, 0.2) is 41.8 Å². The van der Waals surface area contributed by atoms with Gasteiger partial charge in [-0.1, -0.05) is 32.4 Å². The number of benzene rings is 1. The number of nitrogens with two attached hydrogens (primary N) is 1. The van der Waals surface area contributed by atoms with Crippen molar-refractivity contribution < 1.29 is 84.2 Å². The van der Waals surface area contributed by atoms with E-state index in [0.29, 0.717) is 48.2 Å². The maximum absolute atomic E-state index is 16.5. The topological polar surface area (TPSA) is 412 Å². The highest BCUT2D eigenvalue weighted by molar-refractivity contribution is 8.07. The van der Waals surface area contributed by atoms with Gasteiger partial charge in [0.2, 0.25) is 23.6 Å². The average Bonchev–Trinajstić information content (AvgIpc) is 3.99. The molecule has 12 atom stereocenters. The Hall–Kier alpha value is -6.55. The van der Waals surface area contributed by atoms with Crippen LogP contribution in [-0.2, 0) is 74.5 Å². The van der Waals surface area contributed by atoms with Gasteiger partial charge in [-0.15, -0.1) is 0 Å². The molecule has 1 aromatic carbocycles. The molecule has 7 amide bonds. The Kier molecular flexibility index (Phi) is 20.7. The van der Waals surface area contributed by atoms with Gasteiger partial charge in [-0.3, -0.25) is 61.9 Å². The summed E-state index contributed by atoms with van der Waals surface area (Å²) in [6.45, 7) is -1.97. The Bertz CT molecular complexity index is 3240. The number of ether oxygens (including phenoxy) is 3. The van der Waals surface area contributed by atoms with Crippen LogP contribution >= 0.6 is 14.5 Å². The number of carbonyl (C=O) groups is 6. The van der Waals surface area contributed by atoms with Crippen LogP contribution < -0.4 is 43.6 Å². The number of nitrogens with zero attached hydrogens (tertiary/aromatic N) is 6. The first-order chi connectivity index (χ1) is 39.5. The molecule has 4 unspecified atom stereocenters. The molecule has 36 heteroatoms. The van der Waals surface area contributed by atoms with Crippen molar-refractivity contribution >= 4 is 84.8 Å². The van der Waals surface area contributed by atoms with Crippen LogP contribution in [0, 0.1) is 5.92 Å². The minimum atomic E-state index is -5.29. The van der Waals surface area contributed by atoms with Crippen LogP contribution in [0.4, 0.5) is 29.9 Å². The number of H-pyrrole nitrogens is 1. The smallest absolute Gasteiger partial charge is 0.444 e. The normalized spacial score (nSPS) is 27.2. The molecule has 0 radical (unpaired) electrons. The number of nitrogens with one attached hydrogen (secondary N) is 6. The number of fused-ring (bicyclic) bond motifs is 3. The number of carbonyl (C=O) groups excluding carboxylic acids is 6. The molecule has 31 nitrogen and oxygen atoms in total. The summed E-state index contributed by atoms with van der Waals surface area (Å²) in [5, 5.41) is 13.7. The van der Waals surface area contributed by atoms with Crippen LogP contribution in [0.1, 0.15) is 76.8 Å². The molecule has 4 aromatic rings. The van der Waals surface area contributed by atoms with Crippen LogP contribution in [0.15, 0.2) is 58.8 Å². The first-order valence-corrected chi connectivity index (χ1v) is 30.2. The van der Waals surface area contributed by atoms with E-state index in [9.17, 15) is 52.7 Å². The molecule has 83 heavy (non-hydrogen) atoms.